The van der Waals surface area contributed by atoms with Crippen LogP contribution in [-0.4, -0.2) is 93.4 Å². The standard InChI is InChI=1S/C34H40N4O12S4/c1-27-5-13-31(14-6-27)51(39,40)47-35-21-22-36(48-52(41,42)32-15-7-28(2)8-16-32)24-26-38(50-54(45,46)34-19-11-30(4)12-20-34)37(25-23-35)49-53(43,44)33-17-9-29(3)10-18-33/h5-20H,21-26H2,1-4H3. The summed E-state index contributed by atoms with van der Waals surface area (Å²) >= 11 is 0. The summed E-state index contributed by atoms with van der Waals surface area (Å²) in [5.74, 6) is 0. The summed E-state index contributed by atoms with van der Waals surface area (Å²) in [6.07, 6.45) is 0. The summed E-state index contributed by atoms with van der Waals surface area (Å²) in [7, 11) is -18.3. The summed E-state index contributed by atoms with van der Waals surface area (Å²) < 4.78 is 130. The summed E-state index contributed by atoms with van der Waals surface area (Å²) in [4.78, 5) is -0.944. The van der Waals surface area contributed by atoms with E-state index in [0.29, 0.717) is 10.3 Å². The molecule has 1 fully saturated rings. The minimum atomic E-state index is -4.68. The molecule has 0 saturated carbocycles. The van der Waals surface area contributed by atoms with E-state index in [1.165, 1.54) is 72.8 Å². The Kier molecular flexibility index (Phi) is 13.1. The molecule has 0 unspecified atom stereocenters. The van der Waals surface area contributed by atoms with Crippen molar-refractivity contribution in [2.75, 3.05) is 39.3 Å². The topological polar surface area (TPSA) is 186 Å². The van der Waals surface area contributed by atoms with E-state index in [2.05, 4.69) is 0 Å². The van der Waals surface area contributed by atoms with Crippen LogP contribution in [0.4, 0.5) is 0 Å². The minimum Gasteiger partial charge on any atom is -0.192 e. The second kappa shape index (κ2) is 17.0. The van der Waals surface area contributed by atoms with Gasteiger partial charge in [0.15, 0.2) is 0 Å². The van der Waals surface area contributed by atoms with Crippen molar-refractivity contribution in [2.24, 2.45) is 0 Å². The van der Waals surface area contributed by atoms with Gasteiger partial charge in [0.1, 0.15) is 0 Å². The van der Waals surface area contributed by atoms with Crippen molar-refractivity contribution in [3.63, 3.8) is 0 Å². The highest BCUT2D eigenvalue weighted by Crippen LogP contribution is 2.23. The highest BCUT2D eigenvalue weighted by molar-refractivity contribution is 7.87. The first-order valence-corrected chi connectivity index (χ1v) is 22.1. The Labute approximate surface area is 316 Å². The Hall–Kier alpha value is -3.64. The molecule has 1 aliphatic heterocycles. The quantitative estimate of drug-likeness (QED) is 0.201. The van der Waals surface area contributed by atoms with E-state index < -0.39 is 66.7 Å². The van der Waals surface area contributed by atoms with Crippen LogP contribution in [0.15, 0.2) is 117 Å². The van der Waals surface area contributed by atoms with Crippen LogP contribution in [0.1, 0.15) is 22.3 Å². The first kappa shape index (κ1) is 41.5. The van der Waals surface area contributed by atoms with Crippen LogP contribution in [-0.2, 0) is 57.6 Å². The van der Waals surface area contributed by atoms with E-state index in [1.54, 1.807) is 52.0 Å². The van der Waals surface area contributed by atoms with Crippen LogP contribution in [0.3, 0.4) is 0 Å². The first-order chi connectivity index (χ1) is 25.3. The van der Waals surface area contributed by atoms with E-state index in [0.717, 1.165) is 32.4 Å². The molecule has 4 aromatic carbocycles. The summed E-state index contributed by atoms with van der Waals surface area (Å²) in [6, 6.07) is 22.9. The minimum absolute atomic E-state index is 0.190. The van der Waals surface area contributed by atoms with Gasteiger partial charge in [0.25, 0.3) is 0 Å². The third kappa shape index (κ3) is 11.0. The zero-order valence-corrected chi connectivity index (χ0v) is 33.1. The van der Waals surface area contributed by atoms with Gasteiger partial charge in [-0.15, -0.1) is 0 Å². The third-order valence-corrected chi connectivity index (χ3v) is 12.9. The van der Waals surface area contributed by atoms with Crippen LogP contribution in [0.2, 0.25) is 0 Å². The molecular formula is C34H40N4O12S4. The van der Waals surface area contributed by atoms with Gasteiger partial charge in [-0.1, -0.05) is 81.1 Å². The fourth-order valence-corrected chi connectivity index (χ4v) is 8.68. The zero-order chi connectivity index (χ0) is 39.3. The van der Waals surface area contributed by atoms with Gasteiger partial charge in [0, 0.05) is 26.2 Å². The lowest BCUT2D eigenvalue weighted by Crippen LogP contribution is -2.53. The molecule has 20 heteroatoms. The van der Waals surface area contributed by atoms with Gasteiger partial charge in [-0.25, -0.2) is 0 Å². The third-order valence-electron chi connectivity index (χ3n) is 7.94. The number of hydroxylamine groups is 6. The molecule has 0 amide bonds. The number of hydrogen-bond acceptors (Lipinski definition) is 16. The van der Waals surface area contributed by atoms with E-state index in [4.69, 9.17) is 17.1 Å². The van der Waals surface area contributed by atoms with Gasteiger partial charge >= 0.3 is 40.5 Å². The summed E-state index contributed by atoms with van der Waals surface area (Å²) in [5.41, 5.74) is 3.09. The van der Waals surface area contributed by atoms with E-state index >= 15 is 0 Å². The molecular weight excluding hydrogens is 785 g/mol. The lowest BCUT2D eigenvalue weighted by Gasteiger charge is -2.35. The fraction of sp³-hybridized carbons (Fsp3) is 0.294. The number of aryl methyl sites for hydroxylation is 4. The fourth-order valence-electron chi connectivity index (χ4n) is 4.86. The molecule has 0 spiro atoms. The smallest absolute Gasteiger partial charge is 0.192 e. The number of hydrogen-bond donors (Lipinski definition) is 0. The van der Waals surface area contributed by atoms with Gasteiger partial charge in [-0.05, 0) is 76.2 Å². The predicted octanol–water partition coefficient (Wildman–Crippen LogP) is 3.64. The maximum atomic E-state index is 13.6. The number of hydrazine groups is 1. The zero-order valence-electron chi connectivity index (χ0n) is 29.8. The maximum Gasteiger partial charge on any atom is 0.314 e. The Balaban J connectivity index is 1.54. The Morgan fingerprint density at radius 1 is 0.333 bits per heavy atom. The second-order valence-corrected chi connectivity index (χ2v) is 18.5. The van der Waals surface area contributed by atoms with E-state index in [9.17, 15) is 33.7 Å². The molecule has 0 atom stereocenters. The molecule has 292 valence electrons. The van der Waals surface area contributed by atoms with Gasteiger partial charge in [-0.2, -0.15) is 60.9 Å². The monoisotopic (exact) mass is 824 g/mol. The lowest BCUT2D eigenvalue weighted by molar-refractivity contribution is -0.336. The molecule has 1 heterocycles. The van der Waals surface area contributed by atoms with Crippen molar-refractivity contribution in [1.29, 1.82) is 0 Å². The maximum absolute atomic E-state index is 13.6. The first-order valence-electron chi connectivity index (χ1n) is 16.4. The molecule has 5 rings (SSSR count). The molecule has 0 aromatic heterocycles. The number of nitrogens with zero attached hydrogens (tertiary/aromatic N) is 4. The molecule has 1 aliphatic rings. The SMILES string of the molecule is Cc1ccc(S(=O)(=O)ON2CCN(OS(=O)(=O)c3ccc(C)cc3)CCN(OS(=O)(=O)c3ccc(C)cc3)N(OS(=O)(=O)c3ccc(C)cc3)CC2)cc1. The van der Waals surface area contributed by atoms with Crippen LogP contribution in [0.25, 0.3) is 0 Å². The summed E-state index contributed by atoms with van der Waals surface area (Å²) in [5, 5.41) is 3.01. The number of rotatable bonds is 12. The van der Waals surface area contributed by atoms with Gasteiger partial charge in [-0.3, -0.25) is 0 Å². The highest BCUT2D eigenvalue weighted by atomic mass is 32.2. The largest absolute Gasteiger partial charge is 0.314 e. The molecule has 0 N–H and O–H groups in total. The van der Waals surface area contributed by atoms with Crippen molar-refractivity contribution in [2.45, 2.75) is 47.3 Å². The van der Waals surface area contributed by atoms with Crippen LogP contribution >= 0.6 is 0 Å². The normalized spacial score (nSPS) is 16.7. The molecule has 0 bridgehead atoms. The summed E-state index contributed by atoms with van der Waals surface area (Å²) in [6.45, 7) is 4.47. The second-order valence-electron chi connectivity index (χ2n) is 12.4. The van der Waals surface area contributed by atoms with Gasteiger partial charge in [0.05, 0.1) is 32.7 Å². The van der Waals surface area contributed by atoms with Gasteiger partial charge < -0.3 is 0 Å². The molecule has 54 heavy (non-hydrogen) atoms. The van der Waals surface area contributed by atoms with Crippen molar-refractivity contribution >= 4 is 40.5 Å². The Morgan fingerprint density at radius 2 is 0.537 bits per heavy atom. The van der Waals surface area contributed by atoms with Crippen molar-refractivity contribution in [3.05, 3.63) is 119 Å². The van der Waals surface area contributed by atoms with Gasteiger partial charge in [0.2, 0.25) is 0 Å². The number of benzene rings is 4. The molecule has 16 nitrogen and oxygen atoms in total. The van der Waals surface area contributed by atoms with Crippen LogP contribution in [0, 0.1) is 27.7 Å². The molecule has 0 aliphatic carbocycles. The highest BCUT2D eigenvalue weighted by Gasteiger charge is 2.34. The lowest BCUT2D eigenvalue weighted by atomic mass is 10.2. The Morgan fingerprint density at radius 3 is 0.778 bits per heavy atom. The molecule has 0 radical (unpaired) electrons. The average Bonchev–Trinajstić information content (AvgIpc) is 3.10. The van der Waals surface area contributed by atoms with E-state index in [-0.39, 0.29) is 32.7 Å². The Bertz CT molecular complexity index is 2170. The van der Waals surface area contributed by atoms with Crippen molar-refractivity contribution < 1.29 is 50.8 Å². The van der Waals surface area contributed by atoms with Crippen LogP contribution < -0.4 is 0 Å². The van der Waals surface area contributed by atoms with Crippen LogP contribution in [0.5, 0.6) is 0 Å². The predicted molar refractivity (Wildman–Crippen MR) is 194 cm³/mol. The average molecular weight is 825 g/mol. The molecule has 4 aromatic rings. The van der Waals surface area contributed by atoms with Crippen molar-refractivity contribution in [1.82, 2.24) is 20.5 Å². The van der Waals surface area contributed by atoms with Crippen molar-refractivity contribution in [3.8, 4) is 0 Å². The molecule has 1 saturated heterocycles. The van der Waals surface area contributed by atoms with E-state index in [1.807, 2.05) is 0 Å².